The maximum absolute atomic E-state index is 5.59. The minimum Gasteiger partial charge on any atom is -0.396 e. The third-order valence-electron chi connectivity index (χ3n) is 1.50. The molecule has 0 saturated heterocycles. The smallest absolute Gasteiger partial charge is 0.138 e. The summed E-state index contributed by atoms with van der Waals surface area (Å²) < 4.78 is 0. The number of hydrogen-bond acceptors (Lipinski definition) is 4. The summed E-state index contributed by atoms with van der Waals surface area (Å²) in [5.41, 5.74) is 7.12. The summed E-state index contributed by atoms with van der Waals surface area (Å²) in [4.78, 5) is 8.37. The van der Waals surface area contributed by atoms with Crippen LogP contribution in [0.5, 0.6) is 0 Å². The fourth-order valence-electron chi connectivity index (χ4n) is 0.787. The van der Waals surface area contributed by atoms with E-state index in [1.807, 2.05) is 18.7 Å². The Labute approximate surface area is 76.8 Å². The number of rotatable bonds is 3. The van der Waals surface area contributed by atoms with Crippen molar-refractivity contribution in [1.29, 1.82) is 0 Å². The number of nitrogen functional groups attached to an aromatic ring is 1. The van der Waals surface area contributed by atoms with Crippen LogP contribution in [0.3, 0.4) is 0 Å². The lowest BCUT2D eigenvalue weighted by molar-refractivity contribution is 1.00. The molecule has 0 spiro atoms. The van der Waals surface area contributed by atoms with Gasteiger partial charge in [0.1, 0.15) is 5.82 Å². The van der Waals surface area contributed by atoms with Gasteiger partial charge in [-0.2, -0.15) is 11.8 Å². The van der Waals surface area contributed by atoms with Crippen LogP contribution in [0.2, 0.25) is 0 Å². The normalized spacial score (nSPS) is 10.2. The number of nitrogens with zero attached hydrogens (tertiary/aromatic N) is 2. The molecule has 1 heterocycles. The first-order valence-electron chi connectivity index (χ1n) is 3.89. The summed E-state index contributed by atoms with van der Waals surface area (Å²) >= 11 is 1.81. The maximum Gasteiger partial charge on any atom is 0.138 e. The van der Waals surface area contributed by atoms with Crippen molar-refractivity contribution in [2.24, 2.45) is 0 Å². The van der Waals surface area contributed by atoms with E-state index in [0.29, 0.717) is 5.69 Å². The molecule has 1 rings (SSSR count). The van der Waals surface area contributed by atoms with Crippen LogP contribution in [-0.4, -0.2) is 15.7 Å². The molecule has 66 valence electrons. The molecule has 0 radical (unpaired) electrons. The van der Waals surface area contributed by atoms with Gasteiger partial charge < -0.3 is 5.73 Å². The zero-order valence-corrected chi connectivity index (χ0v) is 8.19. The molecule has 1 aromatic rings. The van der Waals surface area contributed by atoms with Gasteiger partial charge in [0.25, 0.3) is 0 Å². The van der Waals surface area contributed by atoms with Crippen molar-refractivity contribution in [2.45, 2.75) is 19.6 Å². The average Bonchev–Trinajstić information content (AvgIpc) is 2.07. The Morgan fingerprint density at radius 3 is 2.92 bits per heavy atom. The highest BCUT2D eigenvalue weighted by Crippen LogP contribution is 2.10. The highest BCUT2D eigenvalue weighted by Gasteiger charge is 1.98. The largest absolute Gasteiger partial charge is 0.396 e. The summed E-state index contributed by atoms with van der Waals surface area (Å²) in [5.74, 6) is 2.83. The first-order chi connectivity index (χ1) is 5.74. The second kappa shape index (κ2) is 4.30. The highest BCUT2D eigenvalue weighted by atomic mass is 32.2. The average molecular weight is 183 g/mol. The lowest BCUT2D eigenvalue weighted by Crippen LogP contribution is -1.99. The lowest BCUT2D eigenvalue weighted by atomic mass is 10.4. The van der Waals surface area contributed by atoms with Gasteiger partial charge in [-0.3, -0.25) is 0 Å². The Balaban J connectivity index is 2.69. The van der Waals surface area contributed by atoms with Crippen LogP contribution in [-0.2, 0) is 5.75 Å². The van der Waals surface area contributed by atoms with E-state index in [9.17, 15) is 0 Å². The lowest BCUT2D eigenvalue weighted by Gasteiger charge is -2.01. The molecule has 0 bridgehead atoms. The number of nitrogens with two attached hydrogens (primary N) is 1. The first-order valence-corrected chi connectivity index (χ1v) is 5.05. The third kappa shape index (κ3) is 2.37. The van der Waals surface area contributed by atoms with Crippen molar-refractivity contribution in [3.63, 3.8) is 0 Å². The molecule has 0 aromatic carbocycles. The topological polar surface area (TPSA) is 51.8 Å². The number of anilines is 1. The molecule has 0 aliphatic carbocycles. The number of thioether (sulfide) groups is 1. The van der Waals surface area contributed by atoms with E-state index in [-0.39, 0.29) is 0 Å². The maximum atomic E-state index is 5.59. The second-order valence-corrected chi connectivity index (χ2v) is 3.74. The van der Waals surface area contributed by atoms with Crippen molar-refractivity contribution < 1.29 is 0 Å². The fourth-order valence-corrected chi connectivity index (χ4v) is 1.31. The van der Waals surface area contributed by atoms with Gasteiger partial charge in [-0.05, 0) is 12.7 Å². The SMILES string of the molecule is CCSCc1ncc(N)c(C)n1. The Morgan fingerprint density at radius 2 is 2.33 bits per heavy atom. The predicted molar refractivity (Wildman–Crippen MR) is 53.0 cm³/mol. The molecule has 0 unspecified atom stereocenters. The van der Waals surface area contributed by atoms with E-state index in [4.69, 9.17) is 5.73 Å². The zero-order valence-electron chi connectivity index (χ0n) is 7.37. The molecule has 4 heteroatoms. The summed E-state index contributed by atoms with van der Waals surface area (Å²) in [6.45, 7) is 4.02. The Bertz CT molecular complexity index is 262. The van der Waals surface area contributed by atoms with Crippen molar-refractivity contribution in [3.8, 4) is 0 Å². The van der Waals surface area contributed by atoms with Gasteiger partial charge in [-0.25, -0.2) is 9.97 Å². The van der Waals surface area contributed by atoms with Crippen LogP contribution in [0.15, 0.2) is 6.20 Å². The molecule has 0 atom stereocenters. The number of hydrogen-bond donors (Lipinski definition) is 1. The molecular weight excluding hydrogens is 170 g/mol. The monoisotopic (exact) mass is 183 g/mol. The Kier molecular flexibility index (Phi) is 3.34. The molecule has 3 nitrogen and oxygen atoms in total. The van der Waals surface area contributed by atoms with Crippen LogP contribution < -0.4 is 5.73 Å². The molecule has 1 aromatic heterocycles. The van der Waals surface area contributed by atoms with E-state index in [1.54, 1.807) is 6.20 Å². The van der Waals surface area contributed by atoms with Gasteiger partial charge in [0.2, 0.25) is 0 Å². The van der Waals surface area contributed by atoms with Crippen LogP contribution in [0, 0.1) is 6.92 Å². The van der Waals surface area contributed by atoms with Gasteiger partial charge in [0, 0.05) is 0 Å². The summed E-state index contributed by atoms with van der Waals surface area (Å²) in [5, 5.41) is 0. The Hall–Kier alpha value is -0.770. The van der Waals surface area contributed by atoms with Crippen LogP contribution in [0.4, 0.5) is 5.69 Å². The minimum absolute atomic E-state index is 0.667. The standard InChI is InChI=1S/C8H13N3S/c1-3-12-5-8-10-4-7(9)6(2)11-8/h4H,3,5,9H2,1-2H3. The second-order valence-electron chi connectivity index (χ2n) is 2.46. The summed E-state index contributed by atoms with van der Waals surface area (Å²) in [7, 11) is 0. The zero-order chi connectivity index (χ0) is 8.97. The number of aryl methyl sites for hydroxylation is 1. The quantitative estimate of drug-likeness (QED) is 0.773. The van der Waals surface area contributed by atoms with E-state index in [2.05, 4.69) is 16.9 Å². The molecule has 0 amide bonds. The van der Waals surface area contributed by atoms with E-state index in [0.717, 1.165) is 23.0 Å². The molecule has 0 aliphatic heterocycles. The minimum atomic E-state index is 0.667. The molecule has 0 fully saturated rings. The fraction of sp³-hybridized carbons (Fsp3) is 0.500. The van der Waals surface area contributed by atoms with Crippen molar-refractivity contribution >= 4 is 17.4 Å². The first kappa shape index (κ1) is 9.32. The third-order valence-corrected chi connectivity index (χ3v) is 2.37. The highest BCUT2D eigenvalue weighted by molar-refractivity contribution is 7.98. The van der Waals surface area contributed by atoms with Gasteiger partial charge in [-0.15, -0.1) is 0 Å². The molecular formula is C8H13N3S. The predicted octanol–water partition coefficient (Wildman–Crippen LogP) is 1.62. The van der Waals surface area contributed by atoms with Crippen molar-refractivity contribution in [1.82, 2.24) is 9.97 Å². The molecule has 12 heavy (non-hydrogen) atoms. The van der Waals surface area contributed by atoms with Crippen LogP contribution >= 0.6 is 11.8 Å². The van der Waals surface area contributed by atoms with E-state index >= 15 is 0 Å². The van der Waals surface area contributed by atoms with Gasteiger partial charge in [0.05, 0.1) is 23.3 Å². The Morgan fingerprint density at radius 1 is 1.58 bits per heavy atom. The summed E-state index contributed by atoms with van der Waals surface area (Å²) in [6, 6.07) is 0. The number of aromatic nitrogens is 2. The molecule has 0 saturated carbocycles. The van der Waals surface area contributed by atoms with E-state index in [1.165, 1.54) is 0 Å². The van der Waals surface area contributed by atoms with Gasteiger partial charge in [-0.1, -0.05) is 6.92 Å². The van der Waals surface area contributed by atoms with Crippen LogP contribution in [0.1, 0.15) is 18.4 Å². The van der Waals surface area contributed by atoms with Crippen molar-refractivity contribution in [3.05, 3.63) is 17.7 Å². The van der Waals surface area contributed by atoms with Gasteiger partial charge in [0.15, 0.2) is 0 Å². The van der Waals surface area contributed by atoms with E-state index < -0.39 is 0 Å². The molecule has 0 aliphatic rings. The van der Waals surface area contributed by atoms with Crippen LogP contribution in [0.25, 0.3) is 0 Å². The van der Waals surface area contributed by atoms with Gasteiger partial charge >= 0.3 is 0 Å². The summed E-state index contributed by atoms with van der Waals surface area (Å²) in [6.07, 6.45) is 1.67. The molecule has 2 N–H and O–H groups in total. The van der Waals surface area contributed by atoms with Crippen molar-refractivity contribution in [2.75, 3.05) is 11.5 Å².